The van der Waals surface area contributed by atoms with Crippen LogP contribution in [-0.4, -0.2) is 35.4 Å². The summed E-state index contributed by atoms with van der Waals surface area (Å²) >= 11 is 5.25. The highest BCUT2D eigenvalue weighted by Gasteiger charge is 2.09. The molecule has 1 atom stereocenters. The van der Waals surface area contributed by atoms with Gasteiger partial charge in [0.1, 0.15) is 11.9 Å². The number of hydrogen-bond acceptors (Lipinski definition) is 3. The van der Waals surface area contributed by atoms with Crippen molar-refractivity contribution < 1.29 is 14.7 Å². The van der Waals surface area contributed by atoms with Gasteiger partial charge in [-0.1, -0.05) is 0 Å². The summed E-state index contributed by atoms with van der Waals surface area (Å²) in [6, 6.07) is -0.807. The third kappa shape index (κ3) is 6.68. The van der Waals surface area contributed by atoms with E-state index in [2.05, 4.69) is 5.32 Å². The van der Waals surface area contributed by atoms with E-state index in [0.717, 1.165) is 0 Å². The molecule has 0 aliphatic carbocycles. The fraction of sp³-hybridized carbons (Fsp3) is 0.750. The van der Waals surface area contributed by atoms with Crippen molar-refractivity contribution in [3.8, 4) is 0 Å². The topological polar surface area (TPSA) is 92.4 Å². The van der Waals surface area contributed by atoms with Crippen molar-refractivity contribution >= 4 is 23.5 Å². The van der Waals surface area contributed by atoms with Crippen LogP contribution < -0.4 is 11.1 Å². The van der Waals surface area contributed by atoms with E-state index in [1.54, 1.807) is 0 Å². The van der Waals surface area contributed by atoms with Gasteiger partial charge < -0.3 is 16.2 Å². The zero-order valence-electron chi connectivity index (χ0n) is 7.83. The van der Waals surface area contributed by atoms with Gasteiger partial charge in [-0.15, -0.1) is 11.6 Å². The molecule has 5 nitrogen and oxygen atoms in total. The zero-order chi connectivity index (χ0) is 11.0. The first kappa shape index (κ1) is 13.2. The number of nitrogens with one attached hydrogen (secondary N) is 1. The van der Waals surface area contributed by atoms with Crippen LogP contribution in [0.1, 0.15) is 19.3 Å². The Hall–Kier alpha value is -0.810. The Bertz CT molecular complexity index is 199. The lowest BCUT2D eigenvalue weighted by atomic mass is 10.1. The SMILES string of the molecule is N[C@H](CCCCNC(=O)CCl)C(=O)O. The molecule has 14 heavy (non-hydrogen) atoms. The highest BCUT2D eigenvalue weighted by molar-refractivity contribution is 6.27. The van der Waals surface area contributed by atoms with E-state index in [0.29, 0.717) is 25.8 Å². The maximum Gasteiger partial charge on any atom is 0.320 e. The second-order valence-electron chi connectivity index (χ2n) is 2.92. The first-order valence-corrected chi connectivity index (χ1v) is 4.92. The van der Waals surface area contributed by atoms with Gasteiger partial charge in [0.2, 0.25) is 5.91 Å². The van der Waals surface area contributed by atoms with Gasteiger partial charge in [-0.05, 0) is 19.3 Å². The van der Waals surface area contributed by atoms with Crippen molar-refractivity contribution in [3.05, 3.63) is 0 Å². The van der Waals surface area contributed by atoms with Crippen molar-refractivity contribution in [2.45, 2.75) is 25.3 Å². The normalized spacial score (nSPS) is 12.1. The van der Waals surface area contributed by atoms with Gasteiger partial charge in [0.05, 0.1) is 0 Å². The van der Waals surface area contributed by atoms with Gasteiger partial charge in [0.15, 0.2) is 0 Å². The van der Waals surface area contributed by atoms with Crippen molar-refractivity contribution in [3.63, 3.8) is 0 Å². The van der Waals surface area contributed by atoms with Gasteiger partial charge in [-0.3, -0.25) is 9.59 Å². The zero-order valence-corrected chi connectivity index (χ0v) is 8.59. The summed E-state index contributed by atoms with van der Waals surface area (Å²) in [5.74, 6) is -1.25. The summed E-state index contributed by atoms with van der Waals surface area (Å²) < 4.78 is 0. The lowest BCUT2D eigenvalue weighted by Crippen LogP contribution is -2.30. The Balaban J connectivity index is 3.30. The number of carboxylic acids is 1. The molecule has 0 saturated carbocycles. The minimum absolute atomic E-state index is 0.0470. The molecule has 0 aliphatic rings. The maximum atomic E-state index is 10.7. The second-order valence-corrected chi connectivity index (χ2v) is 3.19. The van der Waals surface area contributed by atoms with E-state index in [9.17, 15) is 9.59 Å². The molecule has 1 amide bonds. The molecule has 0 unspecified atom stereocenters. The van der Waals surface area contributed by atoms with Crippen molar-refractivity contribution in [2.24, 2.45) is 5.73 Å². The van der Waals surface area contributed by atoms with Crippen LogP contribution in [0.2, 0.25) is 0 Å². The predicted octanol–water partition coefficient (Wildman–Crippen LogP) is -0.0764. The Morgan fingerprint density at radius 2 is 2.07 bits per heavy atom. The molecular formula is C8H15ClN2O3. The molecule has 82 valence electrons. The smallest absolute Gasteiger partial charge is 0.320 e. The summed E-state index contributed by atoms with van der Waals surface area (Å²) in [5.41, 5.74) is 5.28. The molecule has 0 saturated heterocycles. The van der Waals surface area contributed by atoms with Crippen LogP contribution in [-0.2, 0) is 9.59 Å². The Morgan fingerprint density at radius 3 is 2.57 bits per heavy atom. The van der Waals surface area contributed by atoms with Crippen LogP contribution in [0.3, 0.4) is 0 Å². The number of hydrogen-bond donors (Lipinski definition) is 3. The summed E-state index contributed by atoms with van der Waals surface area (Å²) in [5, 5.41) is 11.0. The number of unbranched alkanes of at least 4 members (excludes halogenated alkanes) is 1. The molecule has 0 radical (unpaired) electrons. The third-order valence-corrected chi connectivity index (χ3v) is 1.95. The van der Waals surface area contributed by atoms with Crippen LogP contribution in [0.4, 0.5) is 0 Å². The second kappa shape index (κ2) is 7.58. The molecule has 0 fully saturated rings. The fourth-order valence-electron chi connectivity index (χ4n) is 0.888. The monoisotopic (exact) mass is 222 g/mol. The summed E-state index contributed by atoms with van der Waals surface area (Å²) in [6.07, 6.45) is 1.81. The van der Waals surface area contributed by atoms with Gasteiger partial charge in [0, 0.05) is 6.54 Å². The van der Waals surface area contributed by atoms with Gasteiger partial charge in [0.25, 0.3) is 0 Å². The van der Waals surface area contributed by atoms with E-state index in [4.69, 9.17) is 22.4 Å². The van der Waals surface area contributed by atoms with E-state index < -0.39 is 12.0 Å². The standard InChI is InChI=1S/C8H15ClN2O3/c9-5-7(12)11-4-2-1-3-6(10)8(13)14/h6H,1-5,10H2,(H,11,12)(H,13,14)/t6-/m1/s1. The molecule has 0 bridgehead atoms. The number of carbonyl (C=O) groups excluding carboxylic acids is 1. The molecular weight excluding hydrogens is 208 g/mol. The number of carbonyl (C=O) groups is 2. The van der Waals surface area contributed by atoms with Gasteiger partial charge >= 0.3 is 5.97 Å². The van der Waals surface area contributed by atoms with Crippen LogP contribution in [0.15, 0.2) is 0 Å². The van der Waals surface area contributed by atoms with Crippen molar-refractivity contribution in [1.29, 1.82) is 0 Å². The van der Waals surface area contributed by atoms with E-state index in [1.807, 2.05) is 0 Å². The van der Waals surface area contributed by atoms with Gasteiger partial charge in [-0.25, -0.2) is 0 Å². The molecule has 0 aromatic rings. The van der Waals surface area contributed by atoms with Crippen LogP contribution in [0.25, 0.3) is 0 Å². The first-order valence-electron chi connectivity index (χ1n) is 4.39. The Morgan fingerprint density at radius 1 is 1.43 bits per heavy atom. The van der Waals surface area contributed by atoms with Crippen LogP contribution in [0, 0.1) is 0 Å². The number of aliphatic carboxylic acids is 1. The first-order chi connectivity index (χ1) is 6.57. The molecule has 0 rings (SSSR count). The average Bonchev–Trinajstić information content (AvgIpc) is 2.16. The number of carboxylic acid groups (broad SMARTS) is 1. The Labute approximate surface area is 87.6 Å². The highest BCUT2D eigenvalue weighted by Crippen LogP contribution is 1.98. The molecule has 0 aromatic heterocycles. The number of rotatable bonds is 7. The predicted molar refractivity (Wildman–Crippen MR) is 53.2 cm³/mol. The third-order valence-electron chi connectivity index (χ3n) is 1.70. The lowest BCUT2D eigenvalue weighted by Gasteiger charge is -2.06. The van der Waals surface area contributed by atoms with E-state index >= 15 is 0 Å². The number of alkyl halides is 1. The highest BCUT2D eigenvalue weighted by atomic mass is 35.5. The molecule has 0 heterocycles. The summed E-state index contributed by atoms with van der Waals surface area (Å²) in [4.78, 5) is 21.0. The molecule has 4 N–H and O–H groups in total. The Kier molecular flexibility index (Phi) is 7.14. The quantitative estimate of drug-likeness (QED) is 0.415. The number of halogens is 1. The van der Waals surface area contributed by atoms with Crippen LogP contribution in [0.5, 0.6) is 0 Å². The molecule has 6 heteroatoms. The van der Waals surface area contributed by atoms with Crippen molar-refractivity contribution in [2.75, 3.05) is 12.4 Å². The molecule has 0 spiro atoms. The maximum absolute atomic E-state index is 10.7. The van der Waals surface area contributed by atoms with Crippen molar-refractivity contribution in [1.82, 2.24) is 5.32 Å². The fourth-order valence-corrected chi connectivity index (χ4v) is 0.982. The van der Waals surface area contributed by atoms with E-state index in [1.165, 1.54) is 0 Å². The summed E-state index contributed by atoms with van der Waals surface area (Å²) in [7, 11) is 0. The summed E-state index contributed by atoms with van der Waals surface area (Å²) in [6.45, 7) is 0.512. The number of amides is 1. The lowest BCUT2D eigenvalue weighted by molar-refractivity contribution is -0.138. The minimum Gasteiger partial charge on any atom is -0.480 e. The minimum atomic E-state index is -0.991. The van der Waals surface area contributed by atoms with Crippen LogP contribution >= 0.6 is 11.6 Å². The molecule has 0 aliphatic heterocycles. The molecule has 0 aromatic carbocycles. The van der Waals surface area contributed by atoms with E-state index in [-0.39, 0.29) is 11.8 Å². The average molecular weight is 223 g/mol. The largest absolute Gasteiger partial charge is 0.480 e. The number of nitrogens with two attached hydrogens (primary N) is 1. The van der Waals surface area contributed by atoms with Gasteiger partial charge in [-0.2, -0.15) is 0 Å².